The van der Waals surface area contributed by atoms with E-state index in [1.165, 1.54) is 10.9 Å². The minimum Gasteiger partial charge on any atom is -0.490 e. The number of aromatic nitrogens is 2. The number of aryl methyl sites for hydroxylation is 2. The summed E-state index contributed by atoms with van der Waals surface area (Å²) in [6.07, 6.45) is 1.30. The maximum Gasteiger partial charge on any atom is 0.348 e. The zero-order valence-corrected chi connectivity index (χ0v) is 20.6. The van der Waals surface area contributed by atoms with Crippen molar-refractivity contribution in [3.05, 3.63) is 86.2 Å². The van der Waals surface area contributed by atoms with Gasteiger partial charge in [0.2, 0.25) is 5.91 Å². The third kappa shape index (κ3) is 5.70. The molecule has 2 heterocycles. The molecule has 0 aliphatic heterocycles. The lowest BCUT2D eigenvalue weighted by Gasteiger charge is -2.10. The van der Waals surface area contributed by atoms with E-state index in [1.54, 1.807) is 25.1 Å². The Morgan fingerprint density at radius 2 is 1.89 bits per heavy atom. The fourth-order valence-electron chi connectivity index (χ4n) is 3.42. The fourth-order valence-corrected chi connectivity index (χ4v) is 4.62. The number of anilines is 1. The highest BCUT2D eigenvalue weighted by atomic mass is 35.5. The first kappa shape index (κ1) is 24.4. The van der Waals surface area contributed by atoms with Crippen molar-refractivity contribution < 1.29 is 19.1 Å². The normalized spacial score (nSPS) is 10.8. The number of halogens is 1. The van der Waals surface area contributed by atoms with E-state index in [-0.39, 0.29) is 25.1 Å². The van der Waals surface area contributed by atoms with Crippen molar-refractivity contribution in [3.8, 4) is 5.75 Å². The van der Waals surface area contributed by atoms with Crippen molar-refractivity contribution in [2.45, 2.75) is 20.4 Å². The first-order valence-corrected chi connectivity index (χ1v) is 11.9. The molecule has 10 heteroatoms. The van der Waals surface area contributed by atoms with Crippen LogP contribution in [0.25, 0.3) is 10.2 Å². The molecule has 0 bridgehead atoms. The third-order valence-electron chi connectivity index (χ3n) is 5.22. The number of para-hydroxylation sites is 1. The van der Waals surface area contributed by atoms with Gasteiger partial charge < -0.3 is 14.8 Å². The number of amides is 1. The van der Waals surface area contributed by atoms with Crippen molar-refractivity contribution in [2.75, 3.05) is 18.5 Å². The molecule has 0 fully saturated rings. The highest BCUT2D eigenvalue weighted by Crippen LogP contribution is 2.27. The summed E-state index contributed by atoms with van der Waals surface area (Å²) in [5.41, 5.74) is 1.47. The molecule has 0 aliphatic carbocycles. The Morgan fingerprint density at radius 1 is 1.11 bits per heavy atom. The molecule has 1 amide bonds. The smallest absolute Gasteiger partial charge is 0.348 e. The molecular weight excluding hydrogens is 490 g/mol. The quantitative estimate of drug-likeness (QED) is 0.274. The van der Waals surface area contributed by atoms with E-state index in [0.717, 1.165) is 16.9 Å². The summed E-state index contributed by atoms with van der Waals surface area (Å²) in [5.74, 6) is -0.271. The Hall–Kier alpha value is -3.69. The topological polar surface area (TPSA) is 99.5 Å². The van der Waals surface area contributed by atoms with Gasteiger partial charge in [0.15, 0.2) is 0 Å². The zero-order chi connectivity index (χ0) is 24.9. The molecule has 0 saturated carbocycles. The van der Waals surface area contributed by atoms with Gasteiger partial charge in [0.25, 0.3) is 5.56 Å². The van der Waals surface area contributed by atoms with Gasteiger partial charge in [-0.25, -0.2) is 9.78 Å². The fraction of sp³-hybridized carbons (Fsp3) is 0.200. The van der Waals surface area contributed by atoms with E-state index in [0.29, 0.717) is 31.7 Å². The average Bonchev–Trinajstić information content (AvgIpc) is 3.18. The molecule has 2 aromatic heterocycles. The summed E-state index contributed by atoms with van der Waals surface area (Å²) in [6, 6.07) is 14.4. The summed E-state index contributed by atoms with van der Waals surface area (Å²) in [5, 5.41) is 3.54. The van der Waals surface area contributed by atoms with Gasteiger partial charge in [-0.2, -0.15) is 0 Å². The van der Waals surface area contributed by atoms with E-state index < -0.39 is 17.4 Å². The predicted molar refractivity (Wildman–Crippen MR) is 136 cm³/mol. The molecule has 4 rings (SSSR count). The Labute approximate surface area is 210 Å². The van der Waals surface area contributed by atoms with Crippen LogP contribution in [0, 0.1) is 13.8 Å². The number of fused-ring (bicyclic) bond motifs is 1. The van der Waals surface area contributed by atoms with E-state index >= 15 is 0 Å². The van der Waals surface area contributed by atoms with Gasteiger partial charge in [-0.05, 0) is 49.2 Å². The number of ether oxygens (including phenoxy) is 2. The molecule has 0 saturated heterocycles. The molecule has 1 N–H and O–H groups in total. The minimum atomic E-state index is -0.553. The largest absolute Gasteiger partial charge is 0.490 e. The Kier molecular flexibility index (Phi) is 7.48. The van der Waals surface area contributed by atoms with Crippen LogP contribution >= 0.6 is 22.9 Å². The van der Waals surface area contributed by atoms with E-state index in [2.05, 4.69) is 10.3 Å². The number of carbonyl (C=O) groups is 2. The number of benzene rings is 2. The molecule has 0 atom stereocenters. The van der Waals surface area contributed by atoms with Gasteiger partial charge in [-0.15, -0.1) is 11.3 Å². The lowest BCUT2D eigenvalue weighted by atomic mass is 10.2. The number of carbonyl (C=O) groups excluding carboxylic acids is 2. The maximum absolute atomic E-state index is 13.1. The molecule has 0 aliphatic rings. The van der Waals surface area contributed by atoms with E-state index in [1.807, 2.05) is 37.3 Å². The second kappa shape index (κ2) is 10.7. The maximum atomic E-state index is 13.1. The Balaban J connectivity index is 1.44. The number of thiophene rings is 1. The number of hydrogen-bond acceptors (Lipinski definition) is 7. The van der Waals surface area contributed by atoms with Gasteiger partial charge in [0.1, 0.15) is 35.2 Å². The van der Waals surface area contributed by atoms with Gasteiger partial charge in [-0.1, -0.05) is 35.9 Å². The minimum absolute atomic E-state index is 0.0577. The lowest BCUT2D eigenvalue weighted by Crippen LogP contribution is -2.28. The second-order valence-electron chi connectivity index (χ2n) is 7.72. The van der Waals surface area contributed by atoms with Crippen LogP contribution in [0.3, 0.4) is 0 Å². The van der Waals surface area contributed by atoms with Crippen LogP contribution in [0.5, 0.6) is 5.75 Å². The SMILES string of the molecule is Cc1ccc(Cl)cc1NC(=O)Cn1cnc2sc(C(=O)OCCOc3ccccc3)c(C)c2c1=O. The molecular formula is C25H22ClN3O5S. The van der Waals surface area contributed by atoms with Gasteiger partial charge >= 0.3 is 5.97 Å². The monoisotopic (exact) mass is 511 g/mol. The number of nitrogens with zero attached hydrogens (tertiary/aromatic N) is 2. The van der Waals surface area contributed by atoms with Crippen LogP contribution in [0.15, 0.2) is 59.7 Å². The summed E-state index contributed by atoms with van der Waals surface area (Å²) in [6.45, 7) is 3.53. The number of esters is 1. The average molecular weight is 512 g/mol. The highest BCUT2D eigenvalue weighted by Gasteiger charge is 2.21. The van der Waals surface area contributed by atoms with Crippen LogP contribution < -0.4 is 15.6 Å². The van der Waals surface area contributed by atoms with Crippen LogP contribution in [0.4, 0.5) is 5.69 Å². The summed E-state index contributed by atoms with van der Waals surface area (Å²) in [7, 11) is 0. The van der Waals surface area contributed by atoms with Crippen molar-refractivity contribution in [1.82, 2.24) is 9.55 Å². The molecule has 180 valence electrons. The molecule has 0 unspecified atom stereocenters. The third-order valence-corrected chi connectivity index (χ3v) is 6.63. The van der Waals surface area contributed by atoms with Crippen LogP contribution in [0.1, 0.15) is 20.8 Å². The Bertz CT molecular complexity index is 1450. The summed E-state index contributed by atoms with van der Waals surface area (Å²) >= 11 is 7.08. The lowest BCUT2D eigenvalue weighted by molar-refractivity contribution is -0.116. The number of rotatable bonds is 8. The molecule has 35 heavy (non-hydrogen) atoms. The molecule has 0 radical (unpaired) electrons. The predicted octanol–water partition coefficient (Wildman–Crippen LogP) is 4.60. The van der Waals surface area contributed by atoms with E-state index in [4.69, 9.17) is 21.1 Å². The standard InChI is InChI=1S/C25H22ClN3O5S/c1-15-8-9-17(26)12-19(15)28-20(30)13-29-14-27-23-21(24(29)31)16(2)22(35-23)25(32)34-11-10-33-18-6-4-3-5-7-18/h3-9,12,14H,10-11,13H2,1-2H3,(H,28,30). The van der Waals surface area contributed by atoms with Gasteiger partial charge in [0.05, 0.1) is 11.7 Å². The highest BCUT2D eigenvalue weighted by molar-refractivity contribution is 7.20. The van der Waals surface area contributed by atoms with Gasteiger partial charge in [0, 0.05) is 10.7 Å². The second-order valence-corrected chi connectivity index (χ2v) is 9.15. The summed E-state index contributed by atoms with van der Waals surface area (Å²) < 4.78 is 12.1. The summed E-state index contributed by atoms with van der Waals surface area (Å²) in [4.78, 5) is 43.2. The first-order valence-electron chi connectivity index (χ1n) is 10.7. The van der Waals surface area contributed by atoms with Crippen molar-refractivity contribution >= 4 is 50.7 Å². The molecule has 4 aromatic rings. The first-order chi connectivity index (χ1) is 16.8. The Morgan fingerprint density at radius 3 is 2.66 bits per heavy atom. The van der Waals surface area contributed by atoms with Crippen LogP contribution in [-0.2, 0) is 16.1 Å². The number of hydrogen-bond donors (Lipinski definition) is 1. The van der Waals surface area contributed by atoms with Crippen LogP contribution in [0.2, 0.25) is 5.02 Å². The molecule has 2 aromatic carbocycles. The molecule has 8 nitrogen and oxygen atoms in total. The van der Waals surface area contributed by atoms with Crippen molar-refractivity contribution in [3.63, 3.8) is 0 Å². The number of nitrogens with one attached hydrogen (secondary N) is 1. The van der Waals surface area contributed by atoms with Gasteiger partial charge in [-0.3, -0.25) is 14.2 Å². The van der Waals surface area contributed by atoms with Crippen LogP contribution in [-0.4, -0.2) is 34.6 Å². The van der Waals surface area contributed by atoms with Crippen molar-refractivity contribution in [2.24, 2.45) is 0 Å². The molecule has 0 spiro atoms. The van der Waals surface area contributed by atoms with E-state index in [9.17, 15) is 14.4 Å². The van der Waals surface area contributed by atoms with Crippen molar-refractivity contribution in [1.29, 1.82) is 0 Å². The zero-order valence-electron chi connectivity index (χ0n) is 19.0.